The summed E-state index contributed by atoms with van der Waals surface area (Å²) >= 11 is 0. The number of aromatic nitrogens is 2. The first-order chi connectivity index (χ1) is 10.6. The van der Waals surface area contributed by atoms with Gasteiger partial charge in [0.05, 0.1) is 23.5 Å². The summed E-state index contributed by atoms with van der Waals surface area (Å²) in [6.07, 6.45) is 7.88. The lowest BCUT2D eigenvalue weighted by Crippen LogP contribution is -2.53. The van der Waals surface area contributed by atoms with Crippen LogP contribution in [0.5, 0.6) is 0 Å². The highest BCUT2D eigenvalue weighted by molar-refractivity contribution is 5.93. The number of carbonyl (C=O) groups excluding carboxylic acids is 1. The SMILES string of the molecule is O=C1NCCN1c1cnn(C2CN(CC3(O)CCCC3)C2)c1. The van der Waals surface area contributed by atoms with Gasteiger partial charge < -0.3 is 10.4 Å². The second-order valence-electron chi connectivity index (χ2n) is 6.84. The average Bonchev–Trinajstić information content (AvgIpc) is 3.15. The molecule has 1 aromatic rings. The Morgan fingerprint density at radius 2 is 2.14 bits per heavy atom. The van der Waals surface area contributed by atoms with Crippen LogP contribution in [0.15, 0.2) is 12.4 Å². The second kappa shape index (κ2) is 5.24. The van der Waals surface area contributed by atoms with E-state index in [2.05, 4.69) is 15.3 Å². The first kappa shape index (κ1) is 14.0. The number of urea groups is 1. The smallest absolute Gasteiger partial charge is 0.322 e. The van der Waals surface area contributed by atoms with Crippen LogP contribution in [-0.4, -0.2) is 64.1 Å². The molecule has 1 saturated carbocycles. The molecule has 0 unspecified atom stereocenters. The van der Waals surface area contributed by atoms with Crippen LogP contribution in [-0.2, 0) is 0 Å². The topological polar surface area (TPSA) is 73.6 Å². The molecular formula is C15H23N5O2. The largest absolute Gasteiger partial charge is 0.389 e. The molecule has 0 aromatic carbocycles. The number of nitrogens with zero attached hydrogens (tertiary/aromatic N) is 4. The van der Waals surface area contributed by atoms with Crippen molar-refractivity contribution in [1.82, 2.24) is 20.0 Å². The summed E-state index contributed by atoms with van der Waals surface area (Å²) in [6.45, 7) is 4.03. The van der Waals surface area contributed by atoms with Crippen LogP contribution in [0.2, 0.25) is 0 Å². The third-order valence-corrected chi connectivity index (χ3v) is 5.12. The van der Waals surface area contributed by atoms with Gasteiger partial charge in [-0.3, -0.25) is 14.5 Å². The predicted octanol–water partition coefficient (Wildman–Crippen LogP) is 0.574. The van der Waals surface area contributed by atoms with Crippen molar-refractivity contribution in [2.24, 2.45) is 0 Å². The Labute approximate surface area is 129 Å². The fourth-order valence-electron chi connectivity index (χ4n) is 3.83. The maximum absolute atomic E-state index is 11.7. The van der Waals surface area contributed by atoms with Crippen molar-refractivity contribution < 1.29 is 9.90 Å². The Bertz CT molecular complexity index is 560. The van der Waals surface area contributed by atoms with Gasteiger partial charge in [-0.2, -0.15) is 5.10 Å². The summed E-state index contributed by atoms with van der Waals surface area (Å²) in [5.41, 5.74) is 0.399. The predicted molar refractivity (Wildman–Crippen MR) is 81.9 cm³/mol. The van der Waals surface area contributed by atoms with E-state index in [1.807, 2.05) is 10.9 Å². The standard InChI is InChI=1S/C15H23N5O2/c21-14-16-5-6-19(14)12-7-17-20(10-12)13-8-18(9-13)11-15(22)3-1-2-4-15/h7,10,13,22H,1-6,8-9,11H2,(H,16,21). The summed E-state index contributed by atoms with van der Waals surface area (Å²) in [6, 6.07) is 0.308. The first-order valence-corrected chi connectivity index (χ1v) is 8.17. The minimum Gasteiger partial charge on any atom is -0.389 e. The molecule has 0 radical (unpaired) electrons. The first-order valence-electron chi connectivity index (χ1n) is 8.17. The van der Waals surface area contributed by atoms with Crippen LogP contribution >= 0.6 is 0 Å². The summed E-state index contributed by atoms with van der Waals surface area (Å²) in [5.74, 6) is 0. The molecule has 2 aliphatic heterocycles. The van der Waals surface area contributed by atoms with Crippen molar-refractivity contribution in [2.75, 3.05) is 37.6 Å². The molecule has 22 heavy (non-hydrogen) atoms. The normalized spacial score (nSPS) is 25.5. The van der Waals surface area contributed by atoms with Gasteiger partial charge in [0.2, 0.25) is 0 Å². The summed E-state index contributed by atoms with van der Waals surface area (Å²) in [4.78, 5) is 15.7. The monoisotopic (exact) mass is 305 g/mol. The lowest BCUT2D eigenvalue weighted by atomic mass is 9.98. The van der Waals surface area contributed by atoms with Gasteiger partial charge in [-0.25, -0.2) is 4.79 Å². The number of anilines is 1. The zero-order chi connectivity index (χ0) is 15.2. The number of hydrogen-bond acceptors (Lipinski definition) is 4. The number of carbonyl (C=O) groups is 1. The quantitative estimate of drug-likeness (QED) is 0.853. The number of nitrogens with one attached hydrogen (secondary N) is 1. The lowest BCUT2D eigenvalue weighted by Gasteiger charge is -2.42. The van der Waals surface area contributed by atoms with E-state index in [1.165, 1.54) is 0 Å². The van der Waals surface area contributed by atoms with E-state index in [0.717, 1.165) is 51.0 Å². The van der Waals surface area contributed by atoms with Crippen molar-refractivity contribution in [1.29, 1.82) is 0 Å². The molecule has 2 amide bonds. The number of rotatable bonds is 4. The summed E-state index contributed by atoms with van der Waals surface area (Å²) in [7, 11) is 0. The molecule has 2 N–H and O–H groups in total. The van der Waals surface area contributed by atoms with E-state index in [1.54, 1.807) is 11.1 Å². The van der Waals surface area contributed by atoms with Crippen LogP contribution < -0.4 is 10.2 Å². The highest BCUT2D eigenvalue weighted by atomic mass is 16.3. The van der Waals surface area contributed by atoms with Gasteiger partial charge in [0.15, 0.2) is 0 Å². The van der Waals surface area contributed by atoms with Crippen molar-refractivity contribution >= 4 is 11.7 Å². The Balaban J connectivity index is 1.33. The number of aliphatic hydroxyl groups is 1. The molecule has 0 bridgehead atoms. The van der Waals surface area contributed by atoms with Gasteiger partial charge in [0, 0.05) is 38.9 Å². The molecule has 1 aromatic heterocycles. The molecule has 0 atom stereocenters. The van der Waals surface area contributed by atoms with Gasteiger partial charge in [-0.1, -0.05) is 12.8 Å². The molecular weight excluding hydrogens is 282 g/mol. The zero-order valence-electron chi connectivity index (χ0n) is 12.7. The molecule has 1 aliphatic carbocycles. The fourth-order valence-corrected chi connectivity index (χ4v) is 3.83. The van der Waals surface area contributed by atoms with E-state index in [9.17, 15) is 9.90 Å². The third kappa shape index (κ3) is 2.48. The molecule has 7 heteroatoms. The van der Waals surface area contributed by atoms with Crippen LogP contribution in [0.25, 0.3) is 0 Å². The van der Waals surface area contributed by atoms with E-state index in [-0.39, 0.29) is 6.03 Å². The molecule has 2 saturated heterocycles. The molecule has 7 nitrogen and oxygen atoms in total. The molecule has 4 rings (SSSR count). The van der Waals surface area contributed by atoms with Gasteiger partial charge >= 0.3 is 6.03 Å². The minimum absolute atomic E-state index is 0.0433. The molecule has 120 valence electrons. The van der Waals surface area contributed by atoms with Crippen LogP contribution in [0.4, 0.5) is 10.5 Å². The third-order valence-electron chi connectivity index (χ3n) is 5.12. The molecule has 3 fully saturated rings. The highest BCUT2D eigenvalue weighted by Gasteiger charge is 2.38. The van der Waals surface area contributed by atoms with Crippen LogP contribution in [0.1, 0.15) is 31.7 Å². The Morgan fingerprint density at radius 1 is 1.36 bits per heavy atom. The minimum atomic E-state index is -0.464. The molecule has 3 heterocycles. The Hall–Kier alpha value is -1.60. The Kier molecular flexibility index (Phi) is 3.34. The number of β-amino-alcohol motifs (C(OH)–C–C–N with tert-alkyl or cyclic N) is 1. The molecule has 3 aliphatic rings. The maximum atomic E-state index is 11.7. The number of likely N-dealkylation sites (tertiary alicyclic amines) is 1. The maximum Gasteiger partial charge on any atom is 0.322 e. The Morgan fingerprint density at radius 3 is 2.82 bits per heavy atom. The number of amides is 2. The van der Waals surface area contributed by atoms with Gasteiger partial charge in [0.1, 0.15) is 0 Å². The lowest BCUT2D eigenvalue weighted by molar-refractivity contribution is -0.0256. The summed E-state index contributed by atoms with van der Waals surface area (Å²) in [5, 5.41) is 17.7. The van der Waals surface area contributed by atoms with Crippen molar-refractivity contribution in [3.8, 4) is 0 Å². The van der Waals surface area contributed by atoms with Crippen molar-refractivity contribution in [2.45, 2.75) is 37.3 Å². The van der Waals surface area contributed by atoms with E-state index >= 15 is 0 Å². The molecule has 0 spiro atoms. The van der Waals surface area contributed by atoms with E-state index in [0.29, 0.717) is 19.1 Å². The highest BCUT2D eigenvalue weighted by Crippen LogP contribution is 2.33. The van der Waals surface area contributed by atoms with Crippen molar-refractivity contribution in [3.63, 3.8) is 0 Å². The van der Waals surface area contributed by atoms with Gasteiger partial charge in [0.25, 0.3) is 0 Å². The van der Waals surface area contributed by atoms with E-state index < -0.39 is 5.60 Å². The van der Waals surface area contributed by atoms with Crippen molar-refractivity contribution in [3.05, 3.63) is 12.4 Å². The van der Waals surface area contributed by atoms with Gasteiger partial charge in [-0.15, -0.1) is 0 Å². The van der Waals surface area contributed by atoms with Crippen LogP contribution in [0.3, 0.4) is 0 Å². The second-order valence-corrected chi connectivity index (χ2v) is 6.84. The van der Waals surface area contributed by atoms with Gasteiger partial charge in [-0.05, 0) is 12.8 Å². The van der Waals surface area contributed by atoms with Crippen LogP contribution in [0, 0.1) is 0 Å². The fraction of sp³-hybridized carbons (Fsp3) is 0.733. The zero-order valence-corrected chi connectivity index (χ0v) is 12.7. The average molecular weight is 305 g/mol. The summed E-state index contributed by atoms with van der Waals surface area (Å²) < 4.78 is 1.95. The number of hydrogen-bond donors (Lipinski definition) is 2. The van der Waals surface area contributed by atoms with E-state index in [4.69, 9.17) is 0 Å².